The molecule has 0 spiro atoms. The Morgan fingerprint density at radius 3 is 1.80 bits per heavy atom. The molecular weight excluding hydrogens is 252 g/mol. The maximum absolute atomic E-state index is 11.5. The number of rotatable bonds is 3. The zero-order chi connectivity index (χ0) is 14.5. The minimum absolute atomic E-state index is 0.0901. The van der Waals surface area contributed by atoms with E-state index in [0.29, 0.717) is 5.56 Å². The zero-order valence-electron chi connectivity index (χ0n) is 11.4. The molecule has 0 bridgehead atoms. The molecule has 20 heavy (non-hydrogen) atoms. The SMILES string of the molecule is CNC(=O)c1ccc(-c2ccc(NC(C)=O)cc2)cc1. The van der Waals surface area contributed by atoms with Crippen LogP contribution in [0.2, 0.25) is 0 Å². The lowest BCUT2D eigenvalue weighted by atomic mass is 10.0. The third-order valence-electron chi connectivity index (χ3n) is 2.91. The summed E-state index contributed by atoms with van der Waals surface area (Å²) in [7, 11) is 1.61. The van der Waals surface area contributed by atoms with Gasteiger partial charge in [-0.15, -0.1) is 0 Å². The second-order valence-electron chi connectivity index (χ2n) is 4.42. The minimum Gasteiger partial charge on any atom is -0.355 e. The smallest absolute Gasteiger partial charge is 0.251 e. The minimum atomic E-state index is -0.0995. The second-order valence-corrected chi connectivity index (χ2v) is 4.42. The van der Waals surface area contributed by atoms with Gasteiger partial charge in [0.2, 0.25) is 5.91 Å². The predicted molar refractivity (Wildman–Crippen MR) is 79.6 cm³/mol. The van der Waals surface area contributed by atoms with E-state index in [9.17, 15) is 9.59 Å². The first kappa shape index (κ1) is 13.8. The van der Waals surface area contributed by atoms with Crippen LogP contribution in [0.1, 0.15) is 17.3 Å². The summed E-state index contributed by atoms with van der Waals surface area (Å²) in [5.41, 5.74) is 3.45. The molecule has 0 saturated carbocycles. The Labute approximate surface area is 117 Å². The first-order chi connectivity index (χ1) is 9.60. The first-order valence-corrected chi connectivity index (χ1v) is 6.30. The zero-order valence-corrected chi connectivity index (χ0v) is 11.4. The summed E-state index contributed by atoms with van der Waals surface area (Å²) in [6, 6.07) is 14.9. The highest BCUT2D eigenvalue weighted by Crippen LogP contribution is 2.21. The molecule has 0 radical (unpaired) electrons. The van der Waals surface area contributed by atoms with Gasteiger partial charge in [-0.05, 0) is 35.4 Å². The lowest BCUT2D eigenvalue weighted by Crippen LogP contribution is -2.17. The average molecular weight is 268 g/mol. The van der Waals surface area contributed by atoms with Crippen LogP contribution in [-0.2, 0) is 4.79 Å². The van der Waals surface area contributed by atoms with Gasteiger partial charge in [0, 0.05) is 25.2 Å². The standard InChI is InChI=1S/C16H16N2O2/c1-11(19)18-15-9-7-13(8-10-15)12-3-5-14(6-4-12)16(20)17-2/h3-10H,1-2H3,(H,17,20)(H,18,19). The van der Waals surface area contributed by atoms with Crippen molar-refractivity contribution in [2.24, 2.45) is 0 Å². The third-order valence-corrected chi connectivity index (χ3v) is 2.91. The van der Waals surface area contributed by atoms with Crippen molar-refractivity contribution in [2.75, 3.05) is 12.4 Å². The van der Waals surface area contributed by atoms with Crippen LogP contribution < -0.4 is 10.6 Å². The van der Waals surface area contributed by atoms with Gasteiger partial charge >= 0.3 is 0 Å². The molecular formula is C16H16N2O2. The van der Waals surface area contributed by atoms with Crippen LogP contribution in [0.5, 0.6) is 0 Å². The van der Waals surface area contributed by atoms with E-state index in [0.717, 1.165) is 16.8 Å². The number of hydrogen-bond acceptors (Lipinski definition) is 2. The fourth-order valence-corrected chi connectivity index (χ4v) is 1.91. The summed E-state index contributed by atoms with van der Waals surface area (Å²) >= 11 is 0. The van der Waals surface area contributed by atoms with Gasteiger partial charge in [-0.2, -0.15) is 0 Å². The molecule has 2 rings (SSSR count). The van der Waals surface area contributed by atoms with Crippen LogP contribution in [-0.4, -0.2) is 18.9 Å². The Kier molecular flexibility index (Phi) is 4.15. The predicted octanol–water partition coefficient (Wildman–Crippen LogP) is 2.67. The number of nitrogens with one attached hydrogen (secondary N) is 2. The van der Waals surface area contributed by atoms with Gasteiger partial charge in [-0.1, -0.05) is 24.3 Å². The number of carbonyl (C=O) groups is 2. The number of benzene rings is 2. The van der Waals surface area contributed by atoms with Gasteiger partial charge in [0.15, 0.2) is 0 Å². The van der Waals surface area contributed by atoms with E-state index in [1.165, 1.54) is 6.92 Å². The molecule has 4 nitrogen and oxygen atoms in total. The largest absolute Gasteiger partial charge is 0.355 e. The van der Waals surface area contributed by atoms with Gasteiger partial charge < -0.3 is 10.6 Å². The van der Waals surface area contributed by atoms with Crippen LogP contribution in [0.4, 0.5) is 5.69 Å². The summed E-state index contributed by atoms with van der Waals surface area (Å²) in [4.78, 5) is 22.4. The van der Waals surface area contributed by atoms with Crippen molar-refractivity contribution in [1.82, 2.24) is 5.32 Å². The van der Waals surface area contributed by atoms with E-state index in [4.69, 9.17) is 0 Å². The molecule has 102 valence electrons. The number of anilines is 1. The second kappa shape index (κ2) is 6.02. The van der Waals surface area contributed by atoms with Crippen molar-refractivity contribution in [3.63, 3.8) is 0 Å². The van der Waals surface area contributed by atoms with Crippen molar-refractivity contribution < 1.29 is 9.59 Å². The Bertz CT molecular complexity index is 616. The molecule has 0 aliphatic rings. The van der Waals surface area contributed by atoms with Gasteiger partial charge in [0.25, 0.3) is 5.91 Å². The molecule has 2 aromatic carbocycles. The molecule has 2 aromatic rings. The molecule has 0 atom stereocenters. The van der Waals surface area contributed by atoms with Crippen molar-refractivity contribution in [1.29, 1.82) is 0 Å². The van der Waals surface area contributed by atoms with Gasteiger partial charge in [-0.25, -0.2) is 0 Å². The van der Waals surface area contributed by atoms with E-state index in [2.05, 4.69) is 10.6 Å². The molecule has 0 unspecified atom stereocenters. The molecule has 0 fully saturated rings. The number of amides is 2. The van der Waals surface area contributed by atoms with E-state index in [-0.39, 0.29) is 11.8 Å². The summed E-state index contributed by atoms with van der Waals surface area (Å²) in [5.74, 6) is -0.190. The van der Waals surface area contributed by atoms with E-state index >= 15 is 0 Å². The molecule has 0 saturated heterocycles. The highest BCUT2D eigenvalue weighted by molar-refractivity contribution is 5.94. The van der Waals surface area contributed by atoms with Crippen molar-refractivity contribution in [2.45, 2.75) is 6.92 Å². The lowest BCUT2D eigenvalue weighted by molar-refractivity contribution is -0.114. The quantitative estimate of drug-likeness (QED) is 0.899. The molecule has 4 heteroatoms. The Morgan fingerprint density at radius 1 is 0.850 bits per heavy atom. The Morgan fingerprint density at radius 2 is 1.35 bits per heavy atom. The number of carbonyl (C=O) groups excluding carboxylic acids is 2. The van der Waals surface area contributed by atoms with Crippen molar-refractivity contribution in [3.8, 4) is 11.1 Å². The maximum Gasteiger partial charge on any atom is 0.251 e. The van der Waals surface area contributed by atoms with Gasteiger partial charge in [-0.3, -0.25) is 9.59 Å². The van der Waals surface area contributed by atoms with Crippen LogP contribution in [0.25, 0.3) is 11.1 Å². The normalized spacial score (nSPS) is 9.90. The lowest BCUT2D eigenvalue weighted by Gasteiger charge is -2.06. The topological polar surface area (TPSA) is 58.2 Å². The highest BCUT2D eigenvalue weighted by Gasteiger charge is 2.03. The molecule has 2 amide bonds. The molecule has 0 heterocycles. The van der Waals surface area contributed by atoms with Gasteiger partial charge in [0.05, 0.1) is 0 Å². The monoisotopic (exact) mass is 268 g/mol. The van der Waals surface area contributed by atoms with Crippen molar-refractivity contribution >= 4 is 17.5 Å². The van der Waals surface area contributed by atoms with E-state index in [1.807, 2.05) is 36.4 Å². The molecule has 2 N–H and O–H groups in total. The summed E-state index contributed by atoms with van der Waals surface area (Å²) in [6.07, 6.45) is 0. The maximum atomic E-state index is 11.5. The van der Waals surface area contributed by atoms with Crippen LogP contribution >= 0.6 is 0 Å². The van der Waals surface area contributed by atoms with Crippen LogP contribution in [0.3, 0.4) is 0 Å². The number of hydrogen-bond donors (Lipinski definition) is 2. The van der Waals surface area contributed by atoms with E-state index in [1.54, 1.807) is 19.2 Å². The molecule has 0 aliphatic heterocycles. The summed E-state index contributed by atoms with van der Waals surface area (Å²) in [6.45, 7) is 1.48. The Hall–Kier alpha value is -2.62. The fraction of sp³-hybridized carbons (Fsp3) is 0.125. The highest BCUT2D eigenvalue weighted by atomic mass is 16.2. The summed E-state index contributed by atoms with van der Waals surface area (Å²) in [5, 5.41) is 5.31. The summed E-state index contributed by atoms with van der Waals surface area (Å²) < 4.78 is 0. The molecule has 0 aromatic heterocycles. The van der Waals surface area contributed by atoms with Crippen LogP contribution in [0, 0.1) is 0 Å². The van der Waals surface area contributed by atoms with Crippen molar-refractivity contribution in [3.05, 3.63) is 54.1 Å². The Balaban J connectivity index is 2.19. The van der Waals surface area contributed by atoms with Gasteiger partial charge in [0.1, 0.15) is 0 Å². The van der Waals surface area contributed by atoms with Crippen LogP contribution in [0.15, 0.2) is 48.5 Å². The fourth-order valence-electron chi connectivity index (χ4n) is 1.91. The average Bonchev–Trinajstić information content (AvgIpc) is 2.47. The van der Waals surface area contributed by atoms with E-state index < -0.39 is 0 Å². The first-order valence-electron chi connectivity index (χ1n) is 6.30. The molecule has 0 aliphatic carbocycles. The third kappa shape index (κ3) is 3.23.